The van der Waals surface area contributed by atoms with Gasteiger partial charge in [-0.1, -0.05) is 36.4 Å². The average Bonchev–Trinajstić information content (AvgIpc) is 3.04. The second-order valence-electron chi connectivity index (χ2n) is 4.93. The second-order valence-corrected chi connectivity index (χ2v) is 5.87. The first kappa shape index (κ1) is 15.2. The Morgan fingerprint density at radius 1 is 1.13 bits per heavy atom. The number of benzene rings is 1. The molecule has 6 heteroatoms. The average molecular weight is 325 g/mol. The molecule has 116 valence electrons. The van der Waals surface area contributed by atoms with Gasteiger partial charge < -0.3 is 10.3 Å². The van der Waals surface area contributed by atoms with E-state index in [-0.39, 0.29) is 17.2 Å². The molecule has 23 heavy (non-hydrogen) atoms. The van der Waals surface area contributed by atoms with Gasteiger partial charge in [-0.05, 0) is 6.07 Å². The molecule has 2 N–H and O–H groups in total. The molecule has 0 fully saturated rings. The minimum absolute atomic E-state index is 0.265. The highest BCUT2D eigenvalue weighted by Gasteiger charge is 2.07. The molecule has 2 aromatic heterocycles. The fourth-order valence-corrected chi connectivity index (χ4v) is 2.93. The van der Waals surface area contributed by atoms with Crippen LogP contribution < -0.4 is 10.9 Å². The lowest BCUT2D eigenvalue weighted by atomic mass is 10.2. The molecular weight excluding hydrogens is 310 g/mol. The summed E-state index contributed by atoms with van der Waals surface area (Å²) in [5.74, 6) is -0.289. The van der Waals surface area contributed by atoms with Crippen LogP contribution in [0.4, 0.5) is 0 Å². The van der Waals surface area contributed by atoms with Crippen molar-refractivity contribution < 1.29 is 4.79 Å². The Morgan fingerprint density at radius 2 is 1.96 bits per heavy atom. The Morgan fingerprint density at radius 3 is 2.74 bits per heavy atom. The van der Waals surface area contributed by atoms with Gasteiger partial charge in [0.15, 0.2) is 0 Å². The predicted molar refractivity (Wildman–Crippen MR) is 90.6 cm³/mol. The number of amides is 1. The summed E-state index contributed by atoms with van der Waals surface area (Å²) in [6, 6.07) is 14.5. The predicted octanol–water partition coefficient (Wildman–Crippen LogP) is 2.47. The molecule has 0 unspecified atom stereocenters. The van der Waals surface area contributed by atoms with Crippen molar-refractivity contribution in [1.82, 2.24) is 15.3 Å². The zero-order valence-electron chi connectivity index (χ0n) is 12.3. The van der Waals surface area contributed by atoms with Crippen LogP contribution in [0.3, 0.4) is 0 Å². The van der Waals surface area contributed by atoms with Crippen LogP contribution in [0.2, 0.25) is 0 Å². The summed E-state index contributed by atoms with van der Waals surface area (Å²) in [7, 11) is 0. The van der Waals surface area contributed by atoms with Crippen LogP contribution in [0.1, 0.15) is 15.5 Å². The second kappa shape index (κ2) is 7.02. The fraction of sp³-hybridized carbons (Fsp3) is 0.118. The van der Waals surface area contributed by atoms with E-state index in [4.69, 9.17) is 0 Å². The summed E-state index contributed by atoms with van der Waals surface area (Å²) in [5, 5.41) is 5.76. The Kier molecular flexibility index (Phi) is 4.63. The maximum atomic E-state index is 11.9. The van der Waals surface area contributed by atoms with Crippen LogP contribution in [0.25, 0.3) is 11.3 Å². The molecule has 1 amide bonds. The van der Waals surface area contributed by atoms with Crippen LogP contribution in [0.15, 0.2) is 58.7 Å². The standard InChI is InChI=1S/C17H15N3O2S/c21-15-8-4-7-13(19-15)17(22)18-10-9-16-20-14(11-23-16)12-5-2-1-3-6-12/h1-8,11H,9-10H2,(H,18,22)(H,19,21). The normalized spacial score (nSPS) is 10.4. The Hall–Kier alpha value is -2.73. The van der Waals surface area contributed by atoms with E-state index in [1.807, 2.05) is 35.7 Å². The molecule has 2 heterocycles. The summed E-state index contributed by atoms with van der Waals surface area (Å²) >= 11 is 1.57. The Labute approximate surface area is 137 Å². The largest absolute Gasteiger partial charge is 0.350 e. The van der Waals surface area contributed by atoms with E-state index in [2.05, 4.69) is 15.3 Å². The van der Waals surface area contributed by atoms with Gasteiger partial charge in [0.1, 0.15) is 5.69 Å². The van der Waals surface area contributed by atoms with E-state index >= 15 is 0 Å². The van der Waals surface area contributed by atoms with Gasteiger partial charge in [-0.15, -0.1) is 11.3 Å². The number of pyridine rings is 1. The first-order chi connectivity index (χ1) is 11.2. The molecular formula is C17H15N3O2S. The van der Waals surface area contributed by atoms with Gasteiger partial charge >= 0.3 is 0 Å². The molecule has 0 aliphatic heterocycles. The van der Waals surface area contributed by atoms with Crippen LogP contribution in [-0.2, 0) is 6.42 Å². The number of nitrogens with zero attached hydrogens (tertiary/aromatic N) is 1. The number of hydrogen-bond donors (Lipinski definition) is 2. The highest BCUT2D eigenvalue weighted by molar-refractivity contribution is 7.09. The van der Waals surface area contributed by atoms with Crippen LogP contribution >= 0.6 is 11.3 Å². The summed E-state index contributed by atoms with van der Waals surface area (Å²) in [6.07, 6.45) is 0.653. The summed E-state index contributed by atoms with van der Waals surface area (Å²) in [4.78, 5) is 30.2. The number of aromatic amines is 1. The third kappa shape index (κ3) is 3.92. The summed E-state index contributed by atoms with van der Waals surface area (Å²) < 4.78 is 0. The van der Waals surface area contributed by atoms with Crippen LogP contribution in [0.5, 0.6) is 0 Å². The lowest BCUT2D eigenvalue weighted by Crippen LogP contribution is -2.28. The number of carbonyl (C=O) groups excluding carboxylic acids is 1. The number of carbonyl (C=O) groups is 1. The zero-order valence-corrected chi connectivity index (χ0v) is 13.1. The Bertz CT molecular complexity index is 855. The highest BCUT2D eigenvalue weighted by Crippen LogP contribution is 2.21. The lowest BCUT2D eigenvalue weighted by Gasteiger charge is -2.03. The number of rotatable bonds is 5. The fourth-order valence-electron chi connectivity index (χ4n) is 2.13. The minimum atomic E-state index is -0.289. The molecule has 0 atom stereocenters. The molecule has 3 rings (SSSR count). The van der Waals surface area contributed by atoms with E-state index in [1.165, 1.54) is 6.07 Å². The molecule has 0 aliphatic carbocycles. The minimum Gasteiger partial charge on any atom is -0.350 e. The molecule has 0 spiro atoms. The van der Waals surface area contributed by atoms with Gasteiger partial charge in [0.25, 0.3) is 5.91 Å². The third-order valence-corrected chi connectivity index (χ3v) is 4.17. The van der Waals surface area contributed by atoms with Gasteiger partial charge in [0.2, 0.25) is 5.56 Å². The van der Waals surface area contributed by atoms with Gasteiger partial charge in [-0.25, -0.2) is 4.98 Å². The molecule has 5 nitrogen and oxygen atoms in total. The number of thiazole rings is 1. The van der Waals surface area contributed by atoms with Gasteiger partial charge in [-0.2, -0.15) is 0 Å². The maximum absolute atomic E-state index is 11.9. The number of aromatic nitrogens is 2. The SMILES string of the molecule is O=C(NCCc1nc(-c2ccccc2)cs1)c1cccc(=O)[nH]1. The van der Waals surface area contributed by atoms with Gasteiger partial charge in [0, 0.05) is 30.0 Å². The zero-order chi connectivity index (χ0) is 16.1. The van der Waals surface area contributed by atoms with Crippen LogP contribution in [-0.4, -0.2) is 22.4 Å². The van der Waals surface area contributed by atoms with E-state index in [0.29, 0.717) is 13.0 Å². The molecule has 0 radical (unpaired) electrons. The van der Waals surface area contributed by atoms with Crippen molar-refractivity contribution in [2.75, 3.05) is 6.54 Å². The summed E-state index contributed by atoms with van der Waals surface area (Å²) in [6.45, 7) is 0.470. The van der Waals surface area contributed by atoms with Crippen molar-refractivity contribution in [3.8, 4) is 11.3 Å². The van der Waals surface area contributed by atoms with E-state index in [1.54, 1.807) is 23.5 Å². The highest BCUT2D eigenvalue weighted by atomic mass is 32.1. The van der Waals surface area contributed by atoms with E-state index < -0.39 is 0 Å². The molecule has 0 saturated heterocycles. The first-order valence-electron chi connectivity index (χ1n) is 7.20. The topological polar surface area (TPSA) is 74.8 Å². The monoisotopic (exact) mass is 325 g/mol. The van der Waals surface area contributed by atoms with Crippen molar-refractivity contribution in [1.29, 1.82) is 0 Å². The van der Waals surface area contributed by atoms with Crippen molar-refractivity contribution in [2.24, 2.45) is 0 Å². The molecule has 0 aliphatic rings. The molecule has 0 bridgehead atoms. The molecule has 1 aromatic carbocycles. The number of nitrogens with one attached hydrogen (secondary N) is 2. The lowest BCUT2D eigenvalue weighted by molar-refractivity contribution is 0.0949. The number of H-pyrrole nitrogens is 1. The van der Waals surface area contributed by atoms with Crippen molar-refractivity contribution in [2.45, 2.75) is 6.42 Å². The van der Waals surface area contributed by atoms with Crippen molar-refractivity contribution >= 4 is 17.2 Å². The van der Waals surface area contributed by atoms with Gasteiger partial charge in [-0.3, -0.25) is 9.59 Å². The first-order valence-corrected chi connectivity index (χ1v) is 8.08. The quantitative estimate of drug-likeness (QED) is 0.757. The van der Waals surface area contributed by atoms with Crippen molar-refractivity contribution in [3.63, 3.8) is 0 Å². The molecule has 0 saturated carbocycles. The van der Waals surface area contributed by atoms with E-state index in [9.17, 15) is 9.59 Å². The third-order valence-electron chi connectivity index (χ3n) is 3.26. The van der Waals surface area contributed by atoms with Crippen LogP contribution in [0, 0.1) is 0 Å². The Balaban J connectivity index is 1.56. The maximum Gasteiger partial charge on any atom is 0.267 e. The molecule has 3 aromatic rings. The number of hydrogen-bond acceptors (Lipinski definition) is 4. The van der Waals surface area contributed by atoms with Crippen molar-refractivity contribution in [3.05, 3.63) is 75.0 Å². The smallest absolute Gasteiger partial charge is 0.267 e. The van der Waals surface area contributed by atoms with Gasteiger partial charge in [0.05, 0.1) is 10.7 Å². The summed E-state index contributed by atoms with van der Waals surface area (Å²) in [5.41, 5.74) is 2.01. The van der Waals surface area contributed by atoms with E-state index in [0.717, 1.165) is 16.3 Å².